The summed E-state index contributed by atoms with van der Waals surface area (Å²) >= 11 is 0. The first-order valence-electron chi connectivity index (χ1n) is 16.9. The van der Waals surface area contributed by atoms with Crippen LogP contribution in [0.25, 0.3) is 11.1 Å². The van der Waals surface area contributed by atoms with Crippen LogP contribution in [0.3, 0.4) is 0 Å². The number of aryl methyl sites for hydroxylation is 2. The van der Waals surface area contributed by atoms with E-state index in [1.807, 2.05) is 49.4 Å². The summed E-state index contributed by atoms with van der Waals surface area (Å²) in [7, 11) is 0. The van der Waals surface area contributed by atoms with Gasteiger partial charge >= 0.3 is 0 Å². The number of halogens is 1. The second kappa shape index (κ2) is 16.9. The summed E-state index contributed by atoms with van der Waals surface area (Å²) in [5.41, 5.74) is 6.05. The monoisotopic (exact) mass is 639 g/mol. The highest BCUT2D eigenvalue weighted by Crippen LogP contribution is 2.39. The molecule has 0 saturated heterocycles. The van der Waals surface area contributed by atoms with Gasteiger partial charge in [-0.15, -0.1) is 0 Å². The topological polar surface area (TPSA) is 66.0 Å². The normalized spacial score (nSPS) is 13.7. The van der Waals surface area contributed by atoms with Crippen molar-refractivity contribution in [3.63, 3.8) is 0 Å². The van der Waals surface area contributed by atoms with Crippen LogP contribution in [0, 0.1) is 5.82 Å². The Kier molecular flexibility index (Phi) is 12.1. The zero-order valence-corrected chi connectivity index (χ0v) is 27.8. The van der Waals surface area contributed by atoms with Crippen LogP contribution in [-0.2, 0) is 30.7 Å². The van der Waals surface area contributed by atoms with Gasteiger partial charge in [0, 0.05) is 30.2 Å². The third kappa shape index (κ3) is 8.85. The Balaban J connectivity index is 1.26. The second-order valence-electron chi connectivity index (χ2n) is 11.9. The van der Waals surface area contributed by atoms with Crippen LogP contribution in [-0.4, -0.2) is 31.8 Å². The van der Waals surface area contributed by atoms with Gasteiger partial charge in [-0.05, 0) is 78.6 Å². The highest BCUT2D eigenvalue weighted by molar-refractivity contribution is 5.81. The van der Waals surface area contributed by atoms with E-state index in [0.29, 0.717) is 45.0 Å². The molecule has 5 rings (SSSR count). The molecule has 1 N–H and O–H groups in total. The lowest BCUT2D eigenvalue weighted by Crippen LogP contribution is -2.40. The van der Waals surface area contributed by atoms with Gasteiger partial charge in [-0.25, -0.2) is 4.39 Å². The molecule has 1 aliphatic heterocycles. The summed E-state index contributed by atoms with van der Waals surface area (Å²) in [5, 5.41) is 2.97. The summed E-state index contributed by atoms with van der Waals surface area (Å²) < 4.78 is 38.9. The smallest absolute Gasteiger partial charge is 0.261 e. The summed E-state index contributed by atoms with van der Waals surface area (Å²) in [6, 6.07) is 24.6. The van der Waals surface area contributed by atoms with Crippen molar-refractivity contribution in [2.24, 2.45) is 0 Å². The molecule has 248 valence electrons. The van der Waals surface area contributed by atoms with E-state index in [0.717, 1.165) is 82.7 Å². The van der Waals surface area contributed by atoms with Crippen molar-refractivity contribution in [3.05, 3.63) is 107 Å². The van der Waals surface area contributed by atoms with E-state index in [9.17, 15) is 9.18 Å². The van der Waals surface area contributed by atoms with Crippen LogP contribution in [0.5, 0.6) is 23.0 Å². The molecule has 4 aromatic rings. The second-order valence-corrected chi connectivity index (χ2v) is 11.9. The number of hydrogen-bond donors (Lipinski definition) is 1. The first-order valence-corrected chi connectivity index (χ1v) is 16.9. The van der Waals surface area contributed by atoms with Crippen molar-refractivity contribution in [3.8, 4) is 34.1 Å². The van der Waals surface area contributed by atoms with Crippen molar-refractivity contribution in [2.45, 2.75) is 78.4 Å². The minimum atomic E-state index is -0.475. The number of carbonyl (C=O) groups excluding carboxylic acids is 1. The number of ether oxygens (including phenoxy) is 4. The van der Waals surface area contributed by atoms with E-state index >= 15 is 0 Å². The molecule has 1 amide bonds. The third-order valence-electron chi connectivity index (χ3n) is 8.32. The molecular weight excluding hydrogens is 593 g/mol. The number of carbonyl (C=O) groups is 1. The summed E-state index contributed by atoms with van der Waals surface area (Å²) in [5.74, 6) is 2.73. The number of amides is 1. The van der Waals surface area contributed by atoms with E-state index in [-0.39, 0.29) is 11.7 Å². The highest BCUT2D eigenvalue weighted by Gasteiger charge is 2.29. The van der Waals surface area contributed by atoms with Gasteiger partial charge in [-0.2, -0.15) is 0 Å². The molecule has 1 aliphatic rings. The van der Waals surface area contributed by atoms with Crippen LogP contribution in [0.2, 0.25) is 0 Å². The summed E-state index contributed by atoms with van der Waals surface area (Å²) in [6.45, 7) is 8.26. The van der Waals surface area contributed by atoms with Crippen LogP contribution in [0.15, 0.2) is 78.9 Å². The Hall–Kier alpha value is -4.52. The van der Waals surface area contributed by atoms with Crippen LogP contribution in [0.4, 0.5) is 4.39 Å². The number of nitrogens with one attached hydrogen (secondary N) is 1. The maximum Gasteiger partial charge on any atom is 0.261 e. The summed E-state index contributed by atoms with van der Waals surface area (Å²) in [4.78, 5) is 12.7. The largest absolute Gasteiger partial charge is 0.493 e. The predicted octanol–water partition coefficient (Wildman–Crippen LogP) is 8.65. The molecule has 0 bridgehead atoms. The number of rotatable bonds is 16. The summed E-state index contributed by atoms with van der Waals surface area (Å²) in [6.07, 6.45) is 5.09. The molecule has 0 radical (unpaired) electrons. The zero-order valence-electron chi connectivity index (χ0n) is 27.8. The predicted molar refractivity (Wildman–Crippen MR) is 184 cm³/mol. The van der Waals surface area contributed by atoms with Crippen molar-refractivity contribution < 1.29 is 28.1 Å². The van der Waals surface area contributed by atoms with Crippen LogP contribution >= 0.6 is 0 Å². The molecule has 0 aliphatic carbocycles. The average molecular weight is 640 g/mol. The fourth-order valence-corrected chi connectivity index (χ4v) is 5.81. The number of hydrogen-bond acceptors (Lipinski definition) is 5. The molecule has 0 aromatic heterocycles. The number of benzene rings is 4. The lowest BCUT2D eigenvalue weighted by Gasteiger charge is -2.28. The Morgan fingerprint density at radius 2 is 1.64 bits per heavy atom. The standard InChI is InChI=1S/C40H46FNO5/c1-4-11-33-35(20-16-31-17-21-36(47-39(31)33)40(43)42-22-5-2)44-23-10-24-45-37-26-38(46-27-28-12-8-7-9-13-28)34(25-29(37)6-3)30-14-18-32(41)19-15-30/h7-9,12-16,18-20,25-26,36H,4-6,10-11,17,21-24,27H2,1-3H3,(H,42,43). The van der Waals surface area contributed by atoms with Gasteiger partial charge in [0.15, 0.2) is 6.10 Å². The zero-order chi connectivity index (χ0) is 33.0. The Morgan fingerprint density at radius 3 is 2.36 bits per heavy atom. The van der Waals surface area contributed by atoms with E-state index in [1.54, 1.807) is 12.1 Å². The van der Waals surface area contributed by atoms with Gasteiger partial charge in [0.1, 0.15) is 35.4 Å². The fourth-order valence-electron chi connectivity index (χ4n) is 5.81. The molecule has 1 heterocycles. The lowest BCUT2D eigenvalue weighted by molar-refractivity contribution is -0.128. The van der Waals surface area contributed by atoms with E-state index in [2.05, 4.69) is 31.3 Å². The molecule has 1 atom stereocenters. The van der Waals surface area contributed by atoms with Crippen LogP contribution < -0.4 is 24.3 Å². The molecule has 6 nitrogen and oxygen atoms in total. The first kappa shape index (κ1) is 33.8. The van der Waals surface area contributed by atoms with E-state index in [4.69, 9.17) is 18.9 Å². The van der Waals surface area contributed by atoms with Crippen molar-refractivity contribution in [1.29, 1.82) is 0 Å². The van der Waals surface area contributed by atoms with Gasteiger partial charge in [0.05, 0.1) is 13.2 Å². The molecule has 4 aromatic carbocycles. The maximum atomic E-state index is 13.7. The Bertz CT molecular complexity index is 1610. The molecule has 0 spiro atoms. The fraction of sp³-hybridized carbons (Fsp3) is 0.375. The molecule has 1 unspecified atom stereocenters. The van der Waals surface area contributed by atoms with E-state index < -0.39 is 6.10 Å². The highest BCUT2D eigenvalue weighted by atomic mass is 19.1. The third-order valence-corrected chi connectivity index (χ3v) is 8.32. The minimum absolute atomic E-state index is 0.0470. The SMILES string of the molecule is CCCNC(=O)C1CCc2ccc(OCCCOc3cc(OCc4ccccc4)c(-c4ccc(F)cc4)cc3CC)c(CCC)c2O1. The molecule has 47 heavy (non-hydrogen) atoms. The van der Waals surface area contributed by atoms with Crippen molar-refractivity contribution in [2.75, 3.05) is 19.8 Å². The number of fused-ring (bicyclic) bond motifs is 1. The van der Waals surface area contributed by atoms with Gasteiger partial charge in [0.25, 0.3) is 5.91 Å². The molecule has 0 saturated carbocycles. The van der Waals surface area contributed by atoms with Crippen molar-refractivity contribution in [1.82, 2.24) is 5.32 Å². The Morgan fingerprint density at radius 1 is 0.872 bits per heavy atom. The van der Waals surface area contributed by atoms with Gasteiger partial charge in [0.2, 0.25) is 0 Å². The van der Waals surface area contributed by atoms with Gasteiger partial charge < -0.3 is 24.3 Å². The van der Waals surface area contributed by atoms with Gasteiger partial charge in [-0.3, -0.25) is 4.79 Å². The molecular formula is C40H46FNO5. The maximum absolute atomic E-state index is 13.7. The Labute approximate surface area is 278 Å². The van der Waals surface area contributed by atoms with Gasteiger partial charge in [-0.1, -0.05) is 75.7 Å². The van der Waals surface area contributed by atoms with Crippen LogP contribution in [0.1, 0.15) is 68.7 Å². The quantitative estimate of drug-likeness (QED) is 0.124. The first-order chi connectivity index (χ1) is 23.0. The average Bonchev–Trinajstić information content (AvgIpc) is 3.10. The molecule has 7 heteroatoms. The van der Waals surface area contributed by atoms with Crippen molar-refractivity contribution >= 4 is 5.91 Å². The lowest BCUT2D eigenvalue weighted by atomic mass is 9.96. The molecule has 0 fully saturated rings. The minimum Gasteiger partial charge on any atom is -0.493 e. The van der Waals surface area contributed by atoms with E-state index in [1.165, 1.54) is 12.1 Å².